The Balaban J connectivity index is 1.44. The number of Topliss-reactive ketones (excluding diaryl/α,β-unsaturated/α-hetero) is 1. The van der Waals surface area contributed by atoms with Crippen LogP contribution in [0.3, 0.4) is 0 Å². The van der Waals surface area contributed by atoms with Crippen molar-refractivity contribution in [1.82, 2.24) is 0 Å². The predicted octanol–water partition coefficient (Wildman–Crippen LogP) is 4.38. The minimum Gasteiger partial charge on any atom is -0.299 e. The maximum Gasteiger partial charge on any atom is 0.140 e. The summed E-state index contributed by atoms with van der Waals surface area (Å²) in [4.78, 5) is 12.8. The van der Waals surface area contributed by atoms with Crippen LogP contribution < -0.4 is 5.01 Å². The van der Waals surface area contributed by atoms with Crippen LogP contribution in [0.2, 0.25) is 0 Å². The molecule has 2 aromatic rings. The minimum atomic E-state index is -0.0885. The number of nitrogens with zero attached hydrogens (tertiary/aromatic N) is 4. The number of hydrogen-bond donors (Lipinski definition) is 0. The van der Waals surface area contributed by atoms with Gasteiger partial charge in [0.05, 0.1) is 23.5 Å². The molecular formula is C21H20N4O. The third kappa shape index (κ3) is 2.55. The number of fused-ring (bicyclic) bond motifs is 1. The molecule has 4 unspecified atom stereocenters. The fourth-order valence-electron chi connectivity index (χ4n) is 4.47. The molecule has 0 aromatic heterocycles. The molecule has 5 heteroatoms. The summed E-state index contributed by atoms with van der Waals surface area (Å²) < 4.78 is 0. The highest BCUT2D eigenvalue weighted by Crippen LogP contribution is 2.45. The Kier molecular flexibility index (Phi) is 3.66. The van der Waals surface area contributed by atoms with E-state index < -0.39 is 0 Å². The first kappa shape index (κ1) is 15.4. The molecule has 130 valence electrons. The van der Waals surface area contributed by atoms with Crippen molar-refractivity contribution in [3.63, 3.8) is 0 Å². The molecule has 3 aliphatic rings. The van der Waals surface area contributed by atoms with E-state index in [0.29, 0.717) is 18.1 Å². The maximum absolute atomic E-state index is 12.8. The van der Waals surface area contributed by atoms with Crippen LogP contribution in [0.25, 0.3) is 0 Å². The fraction of sp³-hybridized carbons (Fsp3) is 0.333. The highest BCUT2D eigenvalue weighted by Gasteiger charge is 2.51. The Morgan fingerprint density at radius 3 is 2.42 bits per heavy atom. The first-order valence-electron chi connectivity index (χ1n) is 9.20. The summed E-state index contributed by atoms with van der Waals surface area (Å²) in [6.45, 7) is 0. The molecule has 26 heavy (non-hydrogen) atoms. The van der Waals surface area contributed by atoms with Gasteiger partial charge in [-0.2, -0.15) is 15.3 Å². The van der Waals surface area contributed by atoms with Gasteiger partial charge in [0.15, 0.2) is 0 Å². The van der Waals surface area contributed by atoms with Crippen LogP contribution >= 0.6 is 0 Å². The molecule has 1 aliphatic heterocycles. The summed E-state index contributed by atoms with van der Waals surface area (Å²) in [7, 11) is 0. The Bertz CT molecular complexity index is 877. The SMILES string of the molecule is O=C1CC2C3CC1C(N=Nc1ccccc1)CC3=NN2c1ccccc1. The number of carbonyl (C=O) groups excluding carboxylic acids is 1. The number of hydrogen-bond acceptors (Lipinski definition) is 5. The number of benzene rings is 2. The lowest BCUT2D eigenvalue weighted by atomic mass is 9.66. The van der Waals surface area contributed by atoms with Gasteiger partial charge >= 0.3 is 0 Å². The second-order valence-electron chi connectivity index (χ2n) is 7.28. The first-order valence-corrected chi connectivity index (χ1v) is 9.20. The summed E-state index contributed by atoms with van der Waals surface area (Å²) in [6.07, 6.45) is 2.13. The lowest BCUT2D eigenvalue weighted by Crippen LogP contribution is -2.49. The molecule has 2 saturated carbocycles. The second-order valence-corrected chi connectivity index (χ2v) is 7.28. The number of azo groups is 1. The molecule has 0 saturated heterocycles. The maximum atomic E-state index is 12.8. The van der Waals surface area contributed by atoms with Crippen molar-refractivity contribution in [2.24, 2.45) is 27.2 Å². The second kappa shape index (κ2) is 6.16. The van der Waals surface area contributed by atoms with Crippen molar-refractivity contribution in [3.8, 4) is 0 Å². The predicted molar refractivity (Wildman–Crippen MR) is 101 cm³/mol. The average molecular weight is 344 g/mol. The number of carbonyl (C=O) groups is 1. The summed E-state index contributed by atoms with van der Waals surface area (Å²) in [5, 5.41) is 15.9. The van der Waals surface area contributed by atoms with Gasteiger partial charge in [-0.15, -0.1) is 0 Å². The van der Waals surface area contributed by atoms with Crippen LogP contribution in [-0.2, 0) is 4.79 Å². The molecule has 5 rings (SSSR count). The molecule has 2 bridgehead atoms. The van der Waals surface area contributed by atoms with Gasteiger partial charge in [0, 0.05) is 30.4 Å². The lowest BCUT2D eigenvalue weighted by Gasteiger charge is -2.39. The molecule has 5 nitrogen and oxygen atoms in total. The Labute approximate surface area is 152 Å². The quantitative estimate of drug-likeness (QED) is 0.776. The Morgan fingerprint density at radius 2 is 1.65 bits per heavy atom. The van der Waals surface area contributed by atoms with Crippen molar-refractivity contribution >= 4 is 22.9 Å². The van der Waals surface area contributed by atoms with E-state index in [1.807, 2.05) is 48.5 Å². The molecule has 2 fully saturated rings. The van der Waals surface area contributed by atoms with E-state index in [-0.39, 0.29) is 18.0 Å². The molecular weight excluding hydrogens is 324 g/mol. The van der Waals surface area contributed by atoms with E-state index >= 15 is 0 Å². The van der Waals surface area contributed by atoms with Gasteiger partial charge < -0.3 is 0 Å². The third-order valence-corrected chi connectivity index (χ3v) is 5.76. The number of anilines is 1. The minimum absolute atomic E-state index is 0.0154. The van der Waals surface area contributed by atoms with Crippen LogP contribution in [-0.4, -0.2) is 23.6 Å². The smallest absolute Gasteiger partial charge is 0.140 e. The van der Waals surface area contributed by atoms with Gasteiger partial charge in [0.2, 0.25) is 0 Å². The van der Waals surface area contributed by atoms with Crippen molar-refractivity contribution in [2.75, 3.05) is 5.01 Å². The average Bonchev–Trinajstić information content (AvgIpc) is 3.07. The summed E-state index contributed by atoms with van der Waals surface area (Å²) in [5.41, 5.74) is 3.07. The normalized spacial score (nSPS) is 29.9. The van der Waals surface area contributed by atoms with Gasteiger partial charge in [-0.1, -0.05) is 36.4 Å². The van der Waals surface area contributed by atoms with Crippen molar-refractivity contribution in [1.29, 1.82) is 0 Å². The van der Waals surface area contributed by atoms with Gasteiger partial charge in [0.1, 0.15) is 5.78 Å². The lowest BCUT2D eigenvalue weighted by molar-refractivity contribution is -0.126. The third-order valence-electron chi connectivity index (χ3n) is 5.76. The van der Waals surface area contributed by atoms with Gasteiger partial charge in [0.25, 0.3) is 0 Å². The van der Waals surface area contributed by atoms with Gasteiger partial charge in [-0.3, -0.25) is 9.80 Å². The van der Waals surface area contributed by atoms with E-state index in [1.165, 1.54) is 5.71 Å². The van der Waals surface area contributed by atoms with E-state index in [4.69, 9.17) is 5.10 Å². The highest BCUT2D eigenvalue weighted by molar-refractivity contribution is 5.98. The number of hydrazone groups is 1. The molecule has 2 aliphatic carbocycles. The Hall–Kier alpha value is -2.82. The highest BCUT2D eigenvalue weighted by atomic mass is 16.1. The molecule has 0 radical (unpaired) electrons. The van der Waals surface area contributed by atoms with Crippen molar-refractivity contribution in [3.05, 3.63) is 60.7 Å². The monoisotopic (exact) mass is 344 g/mol. The van der Waals surface area contributed by atoms with Crippen molar-refractivity contribution < 1.29 is 4.79 Å². The zero-order valence-corrected chi connectivity index (χ0v) is 14.4. The van der Waals surface area contributed by atoms with E-state index in [0.717, 1.165) is 24.2 Å². The molecule has 0 N–H and O–H groups in total. The standard InChI is InChI=1S/C21H20N4O/c26-21-13-20-16-11-17(21)18(23-22-14-7-3-1-4-8-14)12-19(16)24-25(20)15-9-5-2-6-10-15/h1-10,16-18,20H,11-13H2. The molecule has 2 aromatic carbocycles. The fourth-order valence-corrected chi connectivity index (χ4v) is 4.47. The van der Waals surface area contributed by atoms with E-state index in [1.54, 1.807) is 0 Å². The zero-order chi connectivity index (χ0) is 17.5. The number of rotatable bonds is 3. The topological polar surface area (TPSA) is 57.4 Å². The molecule has 4 atom stereocenters. The van der Waals surface area contributed by atoms with Crippen LogP contribution in [0.4, 0.5) is 11.4 Å². The first-order chi connectivity index (χ1) is 12.8. The number of para-hydroxylation sites is 1. The zero-order valence-electron chi connectivity index (χ0n) is 14.4. The van der Waals surface area contributed by atoms with Crippen LogP contribution in [0, 0.1) is 11.8 Å². The van der Waals surface area contributed by atoms with E-state index in [2.05, 4.69) is 27.4 Å². The van der Waals surface area contributed by atoms with E-state index in [9.17, 15) is 4.79 Å². The van der Waals surface area contributed by atoms with Crippen LogP contribution in [0.15, 0.2) is 76.0 Å². The van der Waals surface area contributed by atoms with Crippen LogP contribution in [0.1, 0.15) is 19.3 Å². The number of ketones is 1. The molecule has 0 amide bonds. The largest absolute Gasteiger partial charge is 0.299 e. The Morgan fingerprint density at radius 1 is 0.923 bits per heavy atom. The summed E-state index contributed by atoms with van der Waals surface area (Å²) >= 11 is 0. The van der Waals surface area contributed by atoms with Gasteiger partial charge in [-0.05, 0) is 30.7 Å². The summed E-state index contributed by atoms with van der Waals surface area (Å²) in [6, 6.07) is 19.9. The van der Waals surface area contributed by atoms with Crippen molar-refractivity contribution in [2.45, 2.75) is 31.3 Å². The summed E-state index contributed by atoms with van der Waals surface area (Å²) in [5.74, 6) is 0.666. The van der Waals surface area contributed by atoms with Crippen LogP contribution in [0.5, 0.6) is 0 Å². The molecule has 0 spiro atoms. The van der Waals surface area contributed by atoms with Gasteiger partial charge in [-0.25, -0.2) is 0 Å². The molecule has 1 heterocycles.